The van der Waals surface area contributed by atoms with Gasteiger partial charge in [-0.15, -0.1) is 0 Å². The second-order valence-electron chi connectivity index (χ2n) is 6.87. The highest BCUT2D eigenvalue weighted by atomic mass is 79.9. The third-order valence-corrected chi connectivity index (χ3v) is 6.86. The number of nitrogens with one attached hydrogen (secondary N) is 1. The fourth-order valence-electron chi connectivity index (χ4n) is 3.09. The van der Waals surface area contributed by atoms with Gasteiger partial charge in [-0.2, -0.15) is 4.31 Å². The summed E-state index contributed by atoms with van der Waals surface area (Å²) in [5.41, 5.74) is 0.494. The smallest absolute Gasteiger partial charge is 0.262 e. The molecule has 2 aromatic rings. The lowest BCUT2D eigenvalue weighted by molar-refractivity contribution is -0.118. The van der Waals surface area contributed by atoms with Crippen LogP contribution in [0.1, 0.15) is 13.8 Å². The molecule has 0 saturated carbocycles. The van der Waals surface area contributed by atoms with Crippen LogP contribution in [0.3, 0.4) is 0 Å². The highest BCUT2D eigenvalue weighted by Gasteiger charge is 2.32. The Morgan fingerprint density at radius 2 is 1.76 bits per heavy atom. The zero-order chi connectivity index (χ0) is 21.0. The molecule has 1 fully saturated rings. The molecule has 0 unspecified atom stereocenters. The number of amides is 1. The van der Waals surface area contributed by atoms with Gasteiger partial charge in [-0.05, 0) is 66.2 Å². The van der Waals surface area contributed by atoms with E-state index in [0.717, 1.165) is 4.47 Å². The van der Waals surface area contributed by atoms with E-state index in [1.807, 2.05) is 32.0 Å². The number of hydrogen-bond donors (Lipinski definition) is 1. The summed E-state index contributed by atoms with van der Waals surface area (Å²) in [7, 11) is -3.61. The SMILES string of the molecule is C[C@@H]1CN(S(=O)(=O)c2ccc(NC(=O)COc3ccccc3Br)cc2)C[C@H](C)O1. The topological polar surface area (TPSA) is 84.9 Å². The highest BCUT2D eigenvalue weighted by molar-refractivity contribution is 9.10. The van der Waals surface area contributed by atoms with Gasteiger partial charge >= 0.3 is 0 Å². The predicted molar refractivity (Wildman–Crippen MR) is 113 cm³/mol. The van der Waals surface area contributed by atoms with Crippen molar-refractivity contribution in [2.24, 2.45) is 0 Å². The number of anilines is 1. The number of hydrogen-bond acceptors (Lipinski definition) is 5. The number of morpholine rings is 1. The Hall–Kier alpha value is -1.94. The van der Waals surface area contributed by atoms with Crippen LogP contribution in [0.5, 0.6) is 5.75 Å². The van der Waals surface area contributed by atoms with E-state index in [-0.39, 0.29) is 29.6 Å². The molecule has 0 bridgehead atoms. The van der Waals surface area contributed by atoms with Gasteiger partial charge in [0.15, 0.2) is 6.61 Å². The molecular formula is C20H23BrN2O5S. The lowest BCUT2D eigenvalue weighted by Gasteiger charge is -2.34. The van der Waals surface area contributed by atoms with Gasteiger partial charge in [0.2, 0.25) is 10.0 Å². The van der Waals surface area contributed by atoms with Crippen LogP contribution in [-0.2, 0) is 19.6 Å². The van der Waals surface area contributed by atoms with Crippen molar-refractivity contribution < 1.29 is 22.7 Å². The van der Waals surface area contributed by atoms with Crippen LogP contribution in [0.15, 0.2) is 57.9 Å². The molecule has 1 saturated heterocycles. The van der Waals surface area contributed by atoms with Crippen molar-refractivity contribution in [3.63, 3.8) is 0 Å². The summed E-state index contributed by atoms with van der Waals surface area (Å²) in [5, 5.41) is 2.70. The fourth-order valence-corrected chi connectivity index (χ4v) is 5.08. The van der Waals surface area contributed by atoms with Gasteiger partial charge < -0.3 is 14.8 Å². The monoisotopic (exact) mass is 482 g/mol. The van der Waals surface area contributed by atoms with E-state index in [4.69, 9.17) is 9.47 Å². The van der Waals surface area contributed by atoms with E-state index >= 15 is 0 Å². The van der Waals surface area contributed by atoms with Crippen molar-refractivity contribution in [1.82, 2.24) is 4.31 Å². The zero-order valence-electron chi connectivity index (χ0n) is 16.2. The number of halogens is 1. The van der Waals surface area contributed by atoms with Crippen LogP contribution in [-0.4, -0.2) is 50.5 Å². The highest BCUT2D eigenvalue weighted by Crippen LogP contribution is 2.24. The Balaban J connectivity index is 1.61. The normalized spacial score (nSPS) is 20.2. The van der Waals surface area contributed by atoms with E-state index < -0.39 is 10.0 Å². The number of para-hydroxylation sites is 1. The lowest BCUT2D eigenvalue weighted by atomic mass is 10.3. The van der Waals surface area contributed by atoms with E-state index in [2.05, 4.69) is 21.2 Å². The Kier molecular flexibility index (Phi) is 6.94. The van der Waals surface area contributed by atoms with E-state index in [1.165, 1.54) is 16.4 Å². The maximum absolute atomic E-state index is 12.9. The Labute approximate surface area is 179 Å². The van der Waals surface area contributed by atoms with Crippen LogP contribution in [0, 0.1) is 0 Å². The summed E-state index contributed by atoms with van der Waals surface area (Å²) >= 11 is 3.35. The Morgan fingerprint density at radius 1 is 1.14 bits per heavy atom. The molecule has 2 atom stereocenters. The van der Waals surface area contributed by atoms with Crippen molar-refractivity contribution in [1.29, 1.82) is 0 Å². The molecule has 0 aromatic heterocycles. The molecule has 3 rings (SSSR count). The first-order chi connectivity index (χ1) is 13.8. The maximum atomic E-state index is 12.9. The molecule has 1 heterocycles. The van der Waals surface area contributed by atoms with Gasteiger partial charge in [0.1, 0.15) is 5.75 Å². The molecule has 0 aliphatic carbocycles. The molecule has 2 aromatic carbocycles. The lowest BCUT2D eigenvalue weighted by Crippen LogP contribution is -2.48. The zero-order valence-corrected chi connectivity index (χ0v) is 18.6. The quantitative estimate of drug-likeness (QED) is 0.682. The fraction of sp³-hybridized carbons (Fsp3) is 0.350. The second kappa shape index (κ2) is 9.25. The second-order valence-corrected chi connectivity index (χ2v) is 9.66. The van der Waals surface area contributed by atoms with Crippen LogP contribution in [0.2, 0.25) is 0 Å². The van der Waals surface area contributed by atoms with Crippen molar-refractivity contribution >= 4 is 37.5 Å². The number of carbonyl (C=O) groups excluding carboxylic acids is 1. The van der Waals surface area contributed by atoms with Gasteiger partial charge in [0.25, 0.3) is 5.91 Å². The van der Waals surface area contributed by atoms with E-state index in [0.29, 0.717) is 24.5 Å². The standard InChI is InChI=1S/C20H23BrN2O5S/c1-14-11-23(12-15(2)28-14)29(25,26)17-9-7-16(8-10-17)22-20(24)13-27-19-6-4-3-5-18(19)21/h3-10,14-15H,11-13H2,1-2H3,(H,22,24)/t14-,15+. The minimum atomic E-state index is -3.61. The molecule has 29 heavy (non-hydrogen) atoms. The summed E-state index contributed by atoms with van der Waals surface area (Å²) in [6, 6.07) is 13.4. The molecule has 156 valence electrons. The van der Waals surface area contributed by atoms with Crippen LogP contribution < -0.4 is 10.1 Å². The number of nitrogens with zero attached hydrogens (tertiary/aromatic N) is 1. The number of sulfonamides is 1. The van der Waals surface area contributed by atoms with Crippen molar-refractivity contribution in [2.75, 3.05) is 25.0 Å². The molecule has 0 spiro atoms. The number of ether oxygens (including phenoxy) is 2. The van der Waals surface area contributed by atoms with E-state index in [1.54, 1.807) is 18.2 Å². The third kappa shape index (κ3) is 5.57. The molecule has 0 radical (unpaired) electrons. The van der Waals surface area contributed by atoms with Gasteiger partial charge in [-0.1, -0.05) is 12.1 Å². The Morgan fingerprint density at radius 3 is 2.38 bits per heavy atom. The minimum absolute atomic E-state index is 0.156. The third-order valence-electron chi connectivity index (χ3n) is 4.36. The van der Waals surface area contributed by atoms with Gasteiger partial charge in [0.05, 0.1) is 21.6 Å². The first-order valence-electron chi connectivity index (χ1n) is 9.18. The molecule has 1 aliphatic rings. The molecular weight excluding hydrogens is 460 g/mol. The average Bonchev–Trinajstić information content (AvgIpc) is 2.67. The molecule has 1 aliphatic heterocycles. The maximum Gasteiger partial charge on any atom is 0.262 e. The summed E-state index contributed by atoms with van der Waals surface area (Å²) in [5.74, 6) is 0.227. The minimum Gasteiger partial charge on any atom is -0.483 e. The molecule has 1 amide bonds. The van der Waals surface area contributed by atoms with Crippen molar-refractivity contribution in [3.05, 3.63) is 53.0 Å². The van der Waals surface area contributed by atoms with Crippen LogP contribution in [0.25, 0.3) is 0 Å². The van der Waals surface area contributed by atoms with Crippen LogP contribution >= 0.6 is 15.9 Å². The molecule has 1 N–H and O–H groups in total. The number of benzene rings is 2. The number of rotatable bonds is 6. The van der Waals surface area contributed by atoms with Gasteiger partial charge in [-0.3, -0.25) is 4.79 Å². The van der Waals surface area contributed by atoms with Crippen molar-refractivity contribution in [2.45, 2.75) is 31.0 Å². The largest absolute Gasteiger partial charge is 0.483 e. The van der Waals surface area contributed by atoms with Crippen molar-refractivity contribution in [3.8, 4) is 5.75 Å². The summed E-state index contributed by atoms with van der Waals surface area (Å²) in [6.07, 6.45) is -0.312. The van der Waals surface area contributed by atoms with Crippen LogP contribution in [0.4, 0.5) is 5.69 Å². The van der Waals surface area contributed by atoms with E-state index in [9.17, 15) is 13.2 Å². The Bertz CT molecular complexity index is 955. The first-order valence-corrected chi connectivity index (χ1v) is 11.4. The average molecular weight is 483 g/mol. The summed E-state index contributed by atoms with van der Waals surface area (Å²) in [4.78, 5) is 12.3. The van der Waals surface area contributed by atoms with Gasteiger partial charge in [0, 0.05) is 18.8 Å². The molecule has 9 heteroatoms. The molecule has 7 nitrogen and oxygen atoms in total. The van der Waals surface area contributed by atoms with Gasteiger partial charge in [-0.25, -0.2) is 8.42 Å². The summed E-state index contributed by atoms with van der Waals surface area (Å²) < 4.78 is 39.0. The predicted octanol–water partition coefficient (Wildman–Crippen LogP) is 3.26. The summed E-state index contributed by atoms with van der Waals surface area (Å²) in [6.45, 7) is 4.18. The first kappa shape index (κ1) is 21.8. The number of carbonyl (C=O) groups is 1.